The molecule has 1 aliphatic rings. The first-order valence-electron chi connectivity index (χ1n) is 10.4. The van der Waals surface area contributed by atoms with Crippen LogP contribution < -0.4 is 15.6 Å². The van der Waals surface area contributed by atoms with Gasteiger partial charge in [-0.3, -0.25) is 4.79 Å². The number of alkyl halides is 2. The summed E-state index contributed by atoms with van der Waals surface area (Å²) in [4.78, 5) is 14.0. The lowest BCUT2D eigenvalue weighted by Gasteiger charge is -2.34. The minimum absolute atomic E-state index is 0.00371. The monoisotopic (exact) mass is 453 g/mol. The molecule has 0 atom stereocenters. The van der Waals surface area contributed by atoms with Crippen molar-refractivity contribution in [3.05, 3.63) is 88.6 Å². The van der Waals surface area contributed by atoms with Gasteiger partial charge in [0.05, 0.1) is 12.2 Å². The number of para-hydroxylation sites is 1. The molecule has 0 saturated carbocycles. The Balaban J connectivity index is 1.66. The van der Waals surface area contributed by atoms with Crippen LogP contribution >= 0.6 is 0 Å². The van der Waals surface area contributed by atoms with Gasteiger partial charge in [0, 0.05) is 42.8 Å². The SMILES string of the molecule is N=C/C=C(\Nc1ccccc1)c1nn(-c2ccc(N3CCCC(F)(F)C3)cc2F)ccc1=O. The molecule has 1 aromatic heterocycles. The summed E-state index contributed by atoms with van der Waals surface area (Å²) in [6, 6.07) is 14.5. The summed E-state index contributed by atoms with van der Waals surface area (Å²) < 4.78 is 43.7. The summed E-state index contributed by atoms with van der Waals surface area (Å²) in [6.45, 7) is -0.0210. The zero-order chi connectivity index (χ0) is 23.4. The van der Waals surface area contributed by atoms with E-state index in [2.05, 4.69) is 10.4 Å². The van der Waals surface area contributed by atoms with Gasteiger partial charge in [-0.15, -0.1) is 0 Å². The Morgan fingerprint density at radius 1 is 1.15 bits per heavy atom. The van der Waals surface area contributed by atoms with Crippen molar-refractivity contribution in [1.29, 1.82) is 5.41 Å². The number of anilines is 2. The molecule has 170 valence electrons. The van der Waals surface area contributed by atoms with E-state index in [0.717, 1.165) is 6.21 Å². The lowest BCUT2D eigenvalue weighted by atomic mass is 10.1. The molecule has 2 N–H and O–H groups in total. The third kappa shape index (κ3) is 5.14. The smallest absolute Gasteiger partial charge is 0.265 e. The van der Waals surface area contributed by atoms with Crippen molar-refractivity contribution in [1.82, 2.24) is 9.78 Å². The highest BCUT2D eigenvalue weighted by molar-refractivity contribution is 5.86. The first-order valence-corrected chi connectivity index (χ1v) is 10.4. The Hall–Kier alpha value is -3.88. The van der Waals surface area contributed by atoms with Crippen molar-refractivity contribution in [3.8, 4) is 5.69 Å². The molecule has 0 radical (unpaired) electrons. The second kappa shape index (κ2) is 9.32. The predicted molar refractivity (Wildman–Crippen MR) is 123 cm³/mol. The van der Waals surface area contributed by atoms with Crippen LogP contribution in [0.1, 0.15) is 18.5 Å². The van der Waals surface area contributed by atoms with Crippen molar-refractivity contribution in [2.24, 2.45) is 0 Å². The summed E-state index contributed by atoms with van der Waals surface area (Å²) in [7, 11) is 0. The number of aromatic nitrogens is 2. The van der Waals surface area contributed by atoms with Crippen LogP contribution in [0.5, 0.6) is 0 Å². The highest BCUT2D eigenvalue weighted by Crippen LogP contribution is 2.31. The number of benzene rings is 2. The van der Waals surface area contributed by atoms with Gasteiger partial charge in [0.1, 0.15) is 5.69 Å². The van der Waals surface area contributed by atoms with E-state index in [9.17, 15) is 18.0 Å². The van der Waals surface area contributed by atoms with Gasteiger partial charge in [-0.25, -0.2) is 17.9 Å². The van der Waals surface area contributed by atoms with Gasteiger partial charge in [-0.1, -0.05) is 18.2 Å². The van der Waals surface area contributed by atoms with Crippen LogP contribution in [-0.4, -0.2) is 35.0 Å². The number of hydrogen-bond acceptors (Lipinski definition) is 5. The number of hydrogen-bond donors (Lipinski definition) is 2. The molecule has 4 rings (SSSR count). The Bertz CT molecular complexity index is 1240. The van der Waals surface area contributed by atoms with Crippen molar-refractivity contribution in [3.63, 3.8) is 0 Å². The lowest BCUT2D eigenvalue weighted by Crippen LogP contribution is -2.42. The van der Waals surface area contributed by atoms with E-state index in [1.807, 2.05) is 18.2 Å². The molecular formula is C24H22F3N5O. The standard InChI is InChI=1S/C24H22F3N5O/c25-19-15-18(31-13-4-11-24(26,27)16-31)7-8-21(19)32-14-10-22(33)23(30-32)20(9-12-28)29-17-5-2-1-3-6-17/h1-3,5-10,12,14-15,28-29H,4,11,13,16H2/b20-9-,28-12?. The maximum Gasteiger partial charge on any atom is 0.265 e. The number of rotatable bonds is 6. The average molecular weight is 453 g/mol. The molecule has 2 heterocycles. The van der Waals surface area contributed by atoms with E-state index in [4.69, 9.17) is 5.41 Å². The molecule has 0 aliphatic carbocycles. The second-order valence-corrected chi connectivity index (χ2v) is 7.73. The Labute approximate surface area is 188 Å². The third-order valence-electron chi connectivity index (χ3n) is 5.30. The number of nitrogens with zero attached hydrogens (tertiary/aromatic N) is 3. The molecule has 1 aliphatic heterocycles. The highest BCUT2D eigenvalue weighted by atomic mass is 19.3. The zero-order valence-corrected chi connectivity index (χ0v) is 17.6. The Morgan fingerprint density at radius 2 is 1.94 bits per heavy atom. The maximum atomic E-state index is 15.0. The van der Waals surface area contributed by atoms with Crippen LogP contribution in [0.2, 0.25) is 0 Å². The first-order chi connectivity index (χ1) is 15.9. The molecule has 0 bridgehead atoms. The lowest BCUT2D eigenvalue weighted by molar-refractivity contribution is -0.0116. The summed E-state index contributed by atoms with van der Waals surface area (Å²) in [5.74, 6) is -3.46. The van der Waals surface area contributed by atoms with Gasteiger partial charge in [0.25, 0.3) is 5.92 Å². The summed E-state index contributed by atoms with van der Waals surface area (Å²) in [5.41, 5.74) is 1.00. The second-order valence-electron chi connectivity index (χ2n) is 7.73. The van der Waals surface area contributed by atoms with Crippen molar-refractivity contribution < 1.29 is 13.2 Å². The summed E-state index contributed by atoms with van der Waals surface area (Å²) in [5, 5.41) is 14.8. The third-order valence-corrected chi connectivity index (χ3v) is 5.30. The zero-order valence-electron chi connectivity index (χ0n) is 17.6. The Morgan fingerprint density at radius 3 is 2.64 bits per heavy atom. The molecule has 33 heavy (non-hydrogen) atoms. The van der Waals surface area contributed by atoms with Gasteiger partial charge >= 0.3 is 0 Å². The van der Waals surface area contributed by atoms with Crippen LogP contribution in [0.25, 0.3) is 11.4 Å². The molecule has 3 aromatic rings. The normalized spacial score (nSPS) is 15.8. The molecule has 1 fully saturated rings. The molecule has 0 unspecified atom stereocenters. The molecule has 2 aromatic carbocycles. The summed E-state index contributed by atoms with van der Waals surface area (Å²) >= 11 is 0. The minimum atomic E-state index is -2.80. The van der Waals surface area contributed by atoms with E-state index in [0.29, 0.717) is 24.3 Å². The largest absolute Gasteiger partial charge is 0.365 e. The quantitative estimate of drug-likeness (QED) is 0.530. The Kier molecular flexibility index (Phi) is 6.30. The highest BCUT2D eigenvalue weighted by Gasteiger charge is 2.35. The van der Waals surface area contributed by atoms with Crippen LogP contribution in [-0.2, 0) is 0 Å². The van der Waals surface area contributed by atoms with Gasteiger partial charge in [-0.2, -0.15) is 5.10 Å². The first kappa shape index (κ1) is 22.3. The number of nitrogens with one attached hydrogen (secondary N) is 2. The number of allylic oxidation sites excluding steroid dienone is 1. The average Bonchev–Trinajstić information content (AvgIpc) is 2.79. The van der Waals surface area contributed by atoms with Crippen LogP contribution in [0.4, 0.5) is 24.5 Å². The van der Waals surface area contributed by atoms with E-state index in [1.165, 1.54) is 40.1 Å². The molecule has 1 saturated heterocycles. The molecule has 0 amide bonds. The minimum Gasteiger partial charge on any atom is -0.365 e. The van der Waals surface area contributed by atoms with E-state index in [-0.39, 0.29) is 23.5 Å². The van der Waals surface area contributed by atoms with Crippen molar-refractivity contribution in [2.45, 2.75) is 18.8 Å². The van der Waals surface area contributed by atoms with E-state index >= 15 is 0 Å². The van der Waals surface area contributed by atoms with E-state index in [1.54, 1.807) is 18.2 Å². The van der Waals surface area contributed by atoms with Gasteiger partial charge in [-0.05, 0) is 42.8 Å². The maximum absolute atomic E-state index is 15.0. The van der Waals surface area contributed by atoms with E-state index < -0.39 is 23.7 Å². The van der Waals surface area contributed by atoms with Gasteiger partial charge in [0.2, 0.25) is 5.43 Å². The molecule has 9 heteroatoms. The fourth-order valence-corrected chi connectivity index (χ4v) is 3.73. The van der Waals surface area contributed by atoms with Crippen molar-refractivity contribution >= 4 is 23.3 Å². The van der Waals surface area contributed by atoms with Crippen molar-refractivity contribution in [2.75, 3.05) is 23.3 Å². The fourth-order valence-electron chi connectivity index (χ4n) is 3.73. The topological polar surface area (TPSA) is 74.0 Å². The summed E-state index contributed by atoms with van der Waals surface area (Å²) in [6.07, 6.45) is 3.91. The molecule has 0 spiro atoms. The van der Waals surface area contributed by atoms with Crippen LogP contribution in [0.3, 0.4) is 0 Å². The van der Waals surface area contributed by atoms with Crippen LogP contribution in [0.15, 0.2) is 71.7 Å². The van der Waals surface area contributed by atoms with Crippen LogP contribution in [0, 0.1) is 11.2 Å². The fraction of sp³-hybridized carbons (Fsp3) is 0.208. The number of piperidine rings is 1. The van der Waals surface area contributed by atoms with Gasteiger partial charge in [0.15, 0.2) is 11.5 Å². The van der Waals surface area contributed by atoms with Gasteiger partial charge < -0.3 is 15.6 Å². The molecular weight excluding hydrogens is 431 g/mol. The molecule has 6 nitrogen and oxygen atoms in total. The predicted octanol–water partition coefficient (Wildman–Crippen LogP) is 4.71. The number of halogens is 3.